The molecule has 2 aromatic heterocycles. The molecule has 1 amide bonds. The van der Waals surface area contributed by atoms with E-state index in [0.717, 1.165) is 54.5 Å². The van der Waals surface area contributed by atoms with Gasteiger partial charge in [0.05, 0.1) is 11.4 Å². The Balaban J connectivity index is 1.07. The number of anilines is 1. The molecule has 0 radical (unpaired) electrons. The first kappa shape index (κ1) is 25.8. The van der Waals surface area contributed by atoms with Crippen molar-refractivity contribution in [3.63, 3.8) is 0 Å². The van der Waals surface area contributed by atoms with Gasteiger partial charge in [-0.05, 0) is 95.0 Å². The van der Waals surface area contributed by atoms with Crippen LogP contribution in [-0.2, 0) is 12.8 Å². The van der Waals surface area contributed by atoms with Crippen molar-refractivity contribution < 1.29 is 4.79 Å². The zero-order chi connectivity index (χ0) is 25.6. The number of nitrogens with two attached hydrogens (primary N) is 1. The van der Waals surface area contributed by atoms with Gasteiger partial charge in [0, 0.05) is 34.3 Å². The van der Waals surface area contributed by atoms with Crippen molar-refractivity contribution in [3.05, 3.63) is 59.0 Å². The number of aromatic nitrogens is 3. The summed E-state index contributed by atoms with van der Waals surface area (Å²) in [6.45, 7) is 4.61. The summed E-state index contributed by atoms with van der Waals surface area (Å²) in [4.78, 5) is 29.7. The first-order chi connectivity index (χ1) is 18.1. The maximum absolute atomic E-state index is 12.8. The van der Waals surface area contributed by atoms with Crippen LogP contribution >= 0.6 is 11.3 Å². The predicted octanol–water partition coefficient (Wildman–Crippen LogP) is 5.13. The van der Waals surface area contributed by atoms with Crippen molar-refractivity contribution in [2.75, 3.05) is 18.8 Å². The normalized spacial score (nSPS) is 21.5. The van der Waals surface area contributed by atoms with Gasteiger partial charge in [-0.15, -0.1) is 11.3 Å². The highest BCUT2D eigenvalue weighted by Gasteiger charge is 2.28. The first-order valence-electron chi connectivity index (χ1n) is 13.7. The summed E-state index contributed by atoms with van der Waals surface area (Å²) in [7, 11) is 0. The maximum Gasteiger partial charge on any atom is 0.251 e. The van der Waals surface area contributed by atoms with Crippen LogP contribution < -0.4 is 11.1 Å². The zero-order valence-electron chi connectivity index (χ0n) is 21.7. The summed E-state index contributed by atoms with van der Waals surface area (Å²) >= 11 is 1.68. The minimum absolute atomic E-state index is 0.0205. The standard InChI is InChI=1S/C29H38N6OS/c1-2-16-35(24-11-12-26-27(18-24)37-29(30)34-26)17-14-20-3-9-23(10-4-20)33-28(36)22-7-5-21(6-8-22)25-13-15-31-19-32-25/h5-8,13,15,19-20,23-24H,2-4,9-12,14,16-18H2,1H3,(H2,30,34)(H,33,36). The van der Waals surface area contributed by atoms with Crippen molar-refractivity contribution in [1.82, 2.24) is 25.2 Å². The van der Waals surface area contributed by atoms with E-state index in [-0.39, 0.29) is 11.9 Å². The van der Waals surface area contributed by atoms with Crippen LogP contribution in [0.5, 0.6) is 0 Å². The van der Waals surface area contributed by atoms with Gasteiger partial charge in [0.25, 0.3) is 5.91 Å². The molecular weight excluding hydrogens is 480 g/mol. The summed E-state index contributed by atoms with van der Waals surface area (Å²) in [5, 5.41) is 3.99. The number of nitrogen functional groups attached to an aromatic ring is 1. The first-order valence-corrected chi connectivity index (χ1v) is 14.6. The summed E-state index contributed by atoms with van der Waals surface area (Å²) in [6.07, 6.45) is 13.6. The highest BCUT2D eigenvalue weighted by Crippen LogP contribution is 2.32. The van der Waals surface area contributed by atoms with Gasteiger partial charge in [0.15, 0.2) is 5.13 Å². The van der Waals surface area contributed by atoms with Gasteiger partial charge in [-0.25, -0.2) is 15.0 Å². The fourth-order valence-corrected chi connectivity index (χ4v) is 6.87. The van der Waals surface area contributed by atoms with E-state index in [2.05, 4.69) is 32.1 Å². The number of nitrogens with one attached hydrogen (secondary N) is 1. The number of nitrogens with zero attached hydrogens (tertiary/aromatic N) is 4. The van der Waals surface area contributed by atoms with Crippen LogP contribution in [-0.4, -0.2) is 50.9 Å². The fraction of sp³-hybridized carbons (Fsp3) is 0.517. The minimum atomic E-state index is 0.0205. The molecule has 0 aliphatic heterocycles. The largest absolute Gasteiger partial charge is 0.375 e. The number of amides is 1. The molecule has 2 heterocycles. The third-order valence-electron chi connectivity index (χ3n) is 7.99. The molecule has 1 fully saturated rings. The third kappa shape index (κ3) is 6.54. The summed E-state index contributed by atoms with van der Waals surface area (Å²) < 4.78 is 0. The molecule has 7 nitrogen and oxygen atoms in total. The number of carbonyl (C=O) groups excluding carboxylic acids is 1. The lowest BCUT2D eigenvalue weighted by atomic mass is 9.83. The van der Waals surface area contributed by atoms with E-state index in [1.165, 1.54) is 55.5 Å². The topological polar surface area (TPSA) is 97.0 Å². The highest BCUT2D eigenvalue weighted by atomic mass is 32.1. The second kappa shape index (κ2) is 12.1. The number of aryl methyl sites for hydroxylation is 1. The number of fused-ring (bicyclic) bond motifs is 1. The Bertz CT molecular complexity index is 1160. The van der Waals surface area contributed by atoms with Gasteiger partial charge in [-0.1, -0.05) is 19.1 Å². The number of thiazole rings is 1. The lowest BCUT2D eigenvalue weighted by Crippen LogP contribution is -2.41. The Morgan fingerprint density at radius 3 is 2.65 bits per heavy atom. The van der Waals surface area contributed by atoms with E-state index in [0.29, 0.717) is 11.6 Å². The van der Waals surface area contributed by atoms with E-state index in [1.54, 1.807) is 17.5 Å². The quantitative estimate of drug-likeness (QED) is 0.408. The number of hydrogen-bond donors (Lipinski definition) is 2. The molecule has 3 N–H and O–H groups in total. The smallest absolute Gasteiger partial charge is 0.251 e. The highest BCUT2D eigenvalue weighted by molar-refractivity contribution is 7.15. The summed E-state index contributed by atoms with van der Waals surface area (Å²) in [5.41, 5.74) is 9.74. The van der Waals surface area contributed by atoms with Crippen LogP contribution in [0.15, 0.2) is 42.9 Å². The molecule has 37 heavy (non-hydrogen) atoms. The molecule has 0 spiro atoms. The molecule has 1 unspecified atom stereocenters. The van der Waals surface area contributed by atoms with E-state index >= 15 is 0 Å². The molecule has 0 saturated heterocycles. The number of carbonyl (C=O) groups is 1. The van der Waals surface area contributed by atoms with Crippen molar-refractivity contribution in [3.8, 4) is 11.3 Å². The van der Waals surface area contributed by atoms with Crippen molar-refractivity contribution in [2.45, 2.75) is 76.8 Å². The van der Waals surface area contributed by atoms with Crippen LogP contribution in [0.25, 0.3) is 11.3 Å². The lowest BCUT2D eigenvalue weighted by Gasteiger charge is -2.36. The average Bonchev–Trinajstić information content (AvgIpc) is 3.31. The van der Waals surface area contributed by atoms with Crippen LogP contribution in [0.1, 0.15) is 72.8 Å². The Hall–Kier alpha value is -2.84. The van der Waals surface area contributed by atoms with Gasteiger partial charge in [0.2, 0.25) is 0 Å². The second-order valence-corrected chi connectivity index (χ2v) is 11.6. The van der Waals surface area contributed by atoms with Gasteiger partial charge in [0.1, 0.15) is 6.33 Å². The number of rotatable bonds is 9. The fourth-order valence-electron chi connectivity index (χ4n) is 5.92. The summed E-state index contributed by atoms with van der Waals surface area (Å²) in [5.74, 6) is 0.769. The SMILES string of the molecule is CCCN(CCC1CCC(NC(=O)c2ccc(-c3ccncn3)cc2)CC1)C1CCc2nc(N)sc2C1. The molecule has 2 aliphatic carbocycles. The molecule has 0 bridgehead atoms. The van der Waals surface area contributed by atoms with Gasteiger partial charge < -0.3 is 16.0 Å². The monoisotopic (exact) mass is 518 g/mol. The van der Waals surface area contributed by atoms with Crippen molar-refractivity contribution in [1.29, 1.82) is 0 Å². The van der Waals surface area contributed by atoms with Gasteiger partial charge in [-0.3, -0.25) is 4.79 Å². The molecule has 1 saturated carbocycles. The molecule has 8 heteroatoms. The van der Waals surface area contributed by atoms with E-state index in [4.69, 9.17) is 5.73 Å². The molecule has 2 aliphatic rings. The molecule has 1 aromatic carbocycles. The molecule has 5 rings (SSSR count). The summed E-state index contributed by atoms with van der Waals surface area (Å²) in [6, 6.07) is 10.4. The maximum atomic E-state index is 12.8. The van der Waals surface area contributed by atoms with Crippen molar-refractivity contribution in [2.24, 2.45) is 5.92 Å². The Morgan fingerprint density at radius 2 is 1.92 bits per heavy atom. The van der Waals surface area contributed by atoms with Crippen LogP contribution in [0.2, 0.25) is 0 Å². The lowest BCUT2D eigenvalue weighted by molar-refractivity contribution is 0.0918. The van der Waals surface area contributed by atoms with Crippen LogP contribution in [0, 0.1) is 5.92 Å². The van der Waals surface area contributed by atoms with Crippen LogP contribution in [0.4, 0.5) is 5.13 Å². The van der Waals surface area contributed by atoms with E-state index in [1.807, 2.05) is 30.3 Å². The predicted molar refractivity (Wildman–Crippen MR) is 150 cm³/mol. The number of benzene rings is 1. The molecule has 1 atom stereocenters. The Labute approximate surface area is 223 Å². The zero-order valence-corrected chi connectivity index (χ0v) is 22.6. The van der Waals surface area contributed by atoms with Crippen LogP contribution in [0.3, 0.4) is 0 Å². The van der Waals surface area contributed by atoms with Gasteiger partial charge >= 0.3 is 0 Å². The Morgan fingerprint density at radius 1 is 1.11 bits per heavy atom. The minimum Gasteiger partial charge on any atom is -0.375 e. The van der Waals surface area contributed by atoms with Gasteiger partial charge in [-0.2, -0.15) is 0 Å². The number of hydrogen-bond acceptors (Lipinski definition) is 7. The van der Waals surface area contributed by atoms with E-state index in [9.17, 15) is 4.79 Å². The molecular formula is C29H38N6OS. The second-order valence-electron chi connectivity index (χ2n) is 10.5. The van der Waals surface area contributed by atoms with E-state index < -0.39 is 0 Å². The molecule has 3 aromatic rings. The van der Waals surface area contributed by atoms with Crippen molar-refractivity contribution >= 4 is 22.4 Å². The average molecular weight is 519 g/mol. The third-order valence-corrected chi connectivity index (χ3v) is 8.94. The molecule has 196 valence electrons. The Kier molecular flexibility index (Phi) is 8.46.